The second-order valence-electron chi connectivity index (χ2n) is 6.30. The number of fused-ring (bicyclic) bond motifs is 1. The molecule has 2 aromatic heterocycles. The number of ether oxygens (including phenoxy) is 2. The minimum absolute atomic E-state index is 0.223. The van der Waals surface area contributed by atoms with Crippen LogP contribution in [0.4, 0.5) is 4.39 Å². The van der Waals surface area contributed by atoms with Gasteiger partial charge >= 0.3 is 5.97 Å². The summed E-state index contributed by atoms with van der Waals surface area (Å²) < 4.78 is 25.3. The van der Waals surface area contributed by atoms with Crippen molar-refractivity contribution in [1.82, 2.24) is 19.7 Å². The van der Waals surface area contributed by atoms with Crippen LogP contribution in [0.25, 0.3) is 11.0 Å². The lowest BCUT2D eigenvalue weighted by Gasteiger charge is -2.17. The number of methoxy groups -OCH3 is 2. The molecule has 0 aliphatic rings. The fourth-order valence-electron chi connectivity index (χ4n) is 2.94. The lowest BCUT2D eigenvalue weighted by molar-refractivity contribution is 0.0600. The van der Waals surface area contributed by atoms with Crippen LogP contribution in [0.1, 0.15) is 21.6 Å². The highest BCUT2D eigenvalue weighted by Crippen LogP contribution is 2.20. The molecule has 0 radical (unpaired) electrons. The number of aromatic nitrogens is 3. The van der Waals surface area contributed by atoms with E-state index in [0.717, 1.165) is 16.6 Å². The predicted octanol–water partition coefficient (Wildman–Crippen LogP) is 2.76. The number of hydrogen-bond donors (Lipinski definition) is 0. The van der Waals surface area contributed by atoms with E-state index in [1.54, 1.807) is 16.8 Å². The third-order valence-electron chi connectivity index (χ3n) is 4.24. The van der Waals surface area contributed by atoms with Crippen molar-refractivity contribution in [3.05, 3.63) is 53.1 Å². The average molecular weight is 372 g/mol. The van der Waals surface area contributed by atoms with Gasteiger partial charge in [-0.2, -0.15) is 5.10 Å². The summed E-state index contributed by atoms with van der Waals surface area (Å²) in [4.78, 5) is 18.0. The molecule has 0 aliphatic carbocycles. The van der Waals surface area contributed by atoms with Crippen LogP contribution in [-0.4, -0.2) is 46.9 Å². The number of pyridine rings is 1. The highest BCUT2D eigenvalue weighted by atomic mass is 19.1. The number of esters is 1. The Morgan fingerprint density at radius 3 is 2.74 bits per heavy atom. The van der Waals surface area contributed by atoms with Crippen LogP contribution < -0.4 is 4.74 Å². The van der Waals surface area contributed by atoms with Crippen molar-refractivity contribution < 1.29 is 18.7 Å². The SMILES string of the molecule is COC(=O)c1cnc2c(c1)c(C)nn2CN(C)Cc1ccc(OC)c(F)c1. The van der Waals surface area contributed by atoms with Gasteiger partial charge in [-0.15, -0.1) is 0 Å². The molecule has 0 atom stereocenters. The van der Waals surface area contributed by atoms with E-state index in [0.29, 0.717) is 24.4 Å². The van der Waals surface area contributed by atoms with E-state index in [1.165, 1.54) is 26.5 Å². The topological polar surface area (TPSA) is 69.5 Å². The Morgan fingerprint density at radius 1 is 1.30 bits per heavy atom. The summed E-state index contributed by atoms with van der Waals surface area (Å²) in [6.07, 6.45) is 1.48. The van der Waals surface area contributed by atoms with E-state index >= 15 is 0 Å². The third kappa shape index (κ3) is 3.90. The molecule has 7 nitrogen and oxygen atoms in total. The van der Waals surface area contributed by atoms with Gasteiger partial charge in [0.2, 0.25) is 0 Å². The molecule has 1 aromatic carbocycles. The second kappa shape index (κ2) is 7.71. The van der Waals surface area contributed by atoms with Crippen molar-refractivity contribution >= 4 is 17.0 Å². The number of carbonyl (C=O) groups is 1. The van der Waals surface area contributed by atoms with Crippen molar-refractivity contribution in [1.29, 1.82) is 0 Å². The molecule has 0 fully saturated rings. The normalized spacial score (nSPS) is 11.2. The van der Waals surface area contributed by atoms with Crippen molar-refractivity contribution in [3.8, 4) is 5.75 Å². The smallest absolute Gasteiger partial charge is 0.339 e. The van der Waals surface area contributed by atoms with Gasteiger partial charge in [-0.25, -0.2) is 18.9 Å². The first-order valence-electron chi connectivity index (χ1n) is 8.35. The summed E-state index contributed by atoms with van der Waals surface area (Å²) in [5.74, 6) is -0.600. The fraction of sp³-hybridized carbons (Fsp3) is 0.316. The fourth-order valence-corrected chi connectivity index (χ4v) is 2.94. The van der Waals surface area contributed by atoms with E-state index in [2.05, 4.69) is 10.1 Å². The summed E-state index contributed by atoms with van der Waals surface area (Å²) in [6.45, 7) is 2.85. The molecule has 0 saturated carbocycles. The van der Waals surface area contributed by atoms with Crippen LogP contribution in [0, 0.1) is 12.7 Å². The molecule has 3 aromatic rings. The number of carbonyl (C=O) groups excluding carboxylic acids is 1. The Morgan fingerprint density at radius 2 is 2.07 bits per heavy atom. The molecule has 0 bridgehead atoms. The number of halogens is 1. The summed E-state index contributed by atoms with van der Waals surface area (Å²) in [6, 6.07) is 6.63. The summed E-state index contributed by atoms with van der Waals surface area (Å²) in [5.41, 5.74) is 2.65. The van der Waals surface area contributed by atoms with Crippen molar-refractivity contribution in [2.45, 2.75) is 20.1 Å². The molecular weight excluding hydrogens is 351 g/mol. The molecular formula is C19H21FN4O3. The monoisotopic (exact) mass is 372 g/mol. The summed E-state index contributed by atoms with van der Waals surface area (Å²) in [5, 5.41) is 5.30. The maximum absolute atomic E-state index is 13.9. The van der Waals surface area contributed by atoms with E-state index in [1.807, 2.05) is 24.9 Å². The first kappa shape index (κ1) is 18.8. The summed E-state index contributed by atoms with van der Waals surface area (Å²) >= 11 is 0. The zero-order valence-corrected chi connectivity index (χ0v) is 15.7. The Hall–Kier alpha value is -3.00. The lowest BCUT2D eigenvalue weighted by atomic mass is 10.2. The first-order valence-corrected chi connectivity index (χ1v) is 8.35. The maximum Gasteiger partial charge on any atom is 0.339 e. The van der Waals surface area contributed by atoms with Gasteiger partial charge < -0.3 is 9.47 Å². The Balaban J connectivity index is 1.79. The predicted molar refractivity (Wildman–Crippen MR) is 98.0 cm³/mol. The van der Waals surface area contributed by atoms with Crippen molar-refractivity contribution in [2.75, 3.05) is 21.3 Å². The van der Waals surface area contributed by atoms with Crippen LogP contribution in [0.3, 0.4) is 0 Å². The number of hydrogen-bond acceptors (Lipinski definition) is 6. The molecule has 142 valence electrons. The first-order chi connectivity index (χ1) is 12.9. The Labute approximate surface area is 156 Å². The minimum Gasteiger partial charge on any atom is -0.494 e. The largest absolute Gasteiger partial charge is 0.494 e. The molecule has 0 amide bonds. The zero-order chi connectivity index (χ0) is 19.6. The van der Waals surface area contributed by atoms with Crippen LogP contribution in [0.15, 0.2) is 30.5 Å². The number of benzene rings is 1. The second-order valence-corrected chi connectivity index (χ2v) is 6.30. The van der Waals surface area contributed by atoms with Crippen LogP contribution in [0.5, 0.6) is 5.75 Å². The van der Waals surface area contributed by atoms with E-state index in [9.17, 15) is 9.18 Å². The molecule has 0 aliphatic heterocycles. The highest BCUT2D eigenvalue weighted by Gasteiger charge is 2.14. The quantitative estimate of drug-likeness (QED) is 0.620. The molecule has 0 saturated heterocycles. The molecule has 0 unspecified atom stereocenters. The van der Waals surface area contributed by atoms with E-state index in [4.69, 9.17) is 9.47 Å². The number of aryl methyl sites for hydroxylation is 1. The maximum atomic E-state index is 13.9. The van der Waals surface area contributed by atoms with Gasteiger partial charge in [-0.1, -0.05) is 6.07 Å². The van der Waals surface area contributed by atoms with Gasteiger partial charge in [0.25, 0.3) is 0 Å². The minimum atomic E-state index is -0.435. The van der Waals surface area contributed by atoms with Crippen molar-refractivity contribution in [3.63, 3.8) is 0 Å². The van der Waals surface area contributed by atoms with E-state index < -0.39 is 5.97 Å². The van der Waals surface area contributed by atoms with Gasteiger partial charge in [0.1, 0.15) is 0 Å². The molecule has 0 spiro atoms. The Bertz CT molecular complexity index is 986. The Kier molecular flexibility index (Phi) is 5.36. The molecule has 2 heterocycles. The van der Waals surface area contributed by atoms with Gasteiger partial charge in [0.05, 0.1) is 32.1 Å². The van der Waals surface area contributed by atoms with Gasteiger partial charge in [-0.3, -0.25) is 4.90 Å². The van der Waals surface area contributed by atoms with Crippen molar-refractivity contribution in [2.24, 2.45) is 0 Å². The standard InChI is InChI=1S/C19H21FN4O3/c1-12-15-8-14(19(25)27-4)9-21-18(15)24(22-12)11-23(2)10-13-5-6-17(26-3)16(20)7-13/h5-9H,10-11H2,1-4H3. The number of rotatable bonds is 6. The third-order valence-corrected chi connectivity index (χ3v) is 4.24. The highest BCUT2D eigenvalue weighted by molar-refractivity contribution is 5.93. The molecule has 8 heteroatoms. The average Bonchev–Trinajstić information content (AvgIpc) is 2.96. The van der Waals surface area contributed by atoms with Gasteiger partial charge in [0, 0.05) is 18.1 Å². The van der Waals surface area contributed by atoms with Gasteiger partial charge in [0.15, 0.2) is 17.2 Å². The van der Waals surface area contributed by atoms with Gasteiger partial charge in [-0.05, 0) is 37.7 Å². The van der Waals surface area contributed by atoms with Crippen LogP contribution in [0.2, 0.25) is 0 Å². The van der Waals surface area contributed by atoms with Crippen LogP contribution in [-0.2, 0) is 18.0 Å². The molecule has 0 N–H and O–H groups in total. The molecule has 27 heavy (non-hydrogen) atoms. The lowest BCUT2D eigenvalue weighted by Crippen LogP contribution is -2.22. The molecule has 3 rings (SSSR count). The number of nitrogens with zero attached hydrogens (tertiary/aromatic N) is 4. The van der Waals surface area contributed by atoms with Crippen LogP contribution >= 0.6 is 0 Å². The van der Waals surface area contributed by atoms with E-state index in [-0.39, 0.29) is 11.6 Å². The zero-order valence-electron chi connectivity index (χ0n) is 15.7. The summed E-state index contributed by atoms with van der Waals surface area (Å²) in [7, 11) is 4.68.